The number of fused-ring (bicyclic) bond motifs is 1. The Morgan fingerprint density at radius 2 is 2.07 bits per heavy atom. The number of alkyl halides is 3. The molecule has 0 amide bonds. The van der Waals surface area contributed by atoms with Gasteiger partial charge in [0.25, 0.3) is 0 Å². The third-order valence-corrected chi connectivity index (χ3v) is 4.81. The number of aryl methyl sites for hydroxylation is 2. The Balaban J connectivity index is 0.00000320. The van der Waals surface area contributed by atoms with Crippen LogP contribution in [0.4, 0.5) is 13.2 Å². The number of nitrogens with one attached hydrogen (secondary N) is 2. The standard InChI is InChI=1S/C19H25F3N6O.HI/c1-23-17(25-13-14-6-4-7-15(12-14)19(20,21)22)24-9-5-11-28-18(29)27-10-3-2-8-16(27)26-28;/h4,6-7,12H,2-3,5,8-11,13H2,1H3,(H2,23,24,25);1H. The highest BCUT2D eigenvalue weighted by molar-refractivity contribution is 14.0. The van der Waals surface area contributed by atoms with E-state index in [4.69, 9.17) is 0 Å². The molecule has 0 saturated carbocycles. The van der Waals surface area contributed by atoms with Crippen LogP contribution in [0.2, 0.25) is 0 Å². The Labute approximate surface area is 189 Å². The van der Waals surface area contributed by atoms with Crippen molar-refractivity contribution in [2.24, 2.45) is 4.99 Å². The summed E-state index contributed by atoms with van der Waals surface area (Å²) in [6, 6.07) is 5.18. The second-order valence-electron chi connectivity index (χ2n) is 6.93. The van der Waals surface area contributed by atoms with Gasteiger partial charge in [0.2, 0.25) is 0 Å². The number of aliphatic imine (C=N–C) groups is 1. The second kappa shape index (κ2) is 10.8. The smallest absolute Gasteiger partial charge is 0.356 e. The lowest BCUT2D eigenvalue weighted by atomic mass is 10.1. The molecular formula is C19H26F3IN6O. The summed E-state index contributed by atoms with van der Waals surface area (Å²) in [6.07, 6.45) is -0.784. The van der Waals surface area contributed by atoms with E-state index in [-0.39, 0.29) is 36.2 Å². The number of hydrogen-bond donors (Lipinski definition) is 2. The van der Waals surface area contributed by atoms with E-state index in [2.05, 4.69) is 20.7 Å². The molecule has 1 aliphatic heterocycles. The molecule has 0 aliphatic carbocycles. The van der Waals surface area contributed by atoms with Crippen molar-refractivity contribution in [3.63, 3.8) is 0 Å². The molecule has 2 aromatic rings. The molecule has 0 saturated heterocycles. The molecule has 1 aromatic carbocycles. The van der Waals surface area contributed by atoms with E-state index in [1.54, 1.807) is 17.7 Å². The first-order valence-electron chi connectivity index (χ1n) is 9.65. The van der Waals surface area contributed by atoms with Gasteiger partial charge >= 0.3 is 11.9 Å². The summed E-state index contributed by atoms with van der Waals surface area (Å²) in [5.41, 5.74) is -0.224. The van der Waals surface area contributed by atoms with Crippen LogP contribution < -0.4 is 16.3 Å². The highest BCUT2D eigenvalue weighted by Gasteiger charge is 2.30. The van der Waals surface area contributed by atoms with Gasteiger partial charge in [-0.2, -0.15) is 18.3 Å². The predicted octanol–water partition coefficient (Wildman–Crippen LogP) is 2.77. The maximum Gasteiger partial charge on any atom is 0.416 e. The topological polar surface area (TPSA) is 76.2 Å². The summed E-state index contributed by atoms with van der Waals surface area (Å²) in [4.78, 5) is 16.4. The van der Waals surface area contributed by atoms with Gasteiger partial charge in [-0.1, -0.05) is 12.1 Å². The van der Waals surface area contributed by atoms with E-state index in [0.717, 1.165) is 43.8 Å². The average Bonchev–Trinajstić information content (AvgIpc) is 3.03. The molecule has 0 bridgehead atoms. The van der Waals surface area contributed by atoms with Crippen LogP contribution in [-0.2, 0) is 32.2 Å². The van der Waals surface area contributed by atoms with E-state index < -0.39 is 11.7 Å². The van der Waals surface area contributed by atoms with E-state index in [1.165, 1.54) is 10.7 Å². The molecule has 0 unspecified atom stereocenters. The fourth-order valence-corrected chi connectivity index (χ4v) is 3.29. The quantitative estimate of drug-likeness (QED) is 0.257. The normalized spacial score (nSPS) is 14.1. The molecular weight excluding hydrogens is 512 g/mol. The third-order valence-electron chi connectivity index (χ3n) is 4.81. The molecule has 2 N–H and O–H groups in total. The van der Waals surface area contributed by atoms with Gasteiger partial charge in [-0.3, -0.25) is 9.56 Å². The lowest BCUT2D eigenvalue weighted by Gasteiger charge is -2.13. The van der Waals surface area contributed by atoms with Gasteiger partial charge in [-0.15, -0.1) is 24.0 Å². The number of hydrogen-bond acceptors (Lipinski definition) is 3. The maximum atomic E-state index is 12.8. The Hall–Kier alpha value is -2.05. The summed E-state index contributed by atoms with van der Waals surface area (Å²) in [6.45, 7) is 2.00. The lowest BCUT2D eigenvalue weighted by Crippen LogP contribution is -2.38. The fraction of sp³-hybridized carbons (Fsp3) is 0.526. The van der Waals surface area contributed by atoms with E-state index >= 15 is 0 Å². The Bertz CT molecular complexity index is 922. The molecule has 0 spiro atoms. The first-order chi connectivity index (χ1) is 13.9. The van der Waals surface area contributed by atoms with Crippen LogP contribution in [0.3, 0.4) is 0 Å². The van der Waals surface area contributed by atoms with Crippen LogP contribution in [0, 0.1) is 0 Å². The van der Waals surface area contributed by atoms with Gasteiger partial charge in [0.05, 0.1) is 5.56 Å². The van der Waals surface area contributed by atoms with Gasteiger partial charge in [-0.05, 0) is 37.0 Å². The van der Waals surface area contributed by atoms with Crippen molar-refractivity contribution in [3.05, 3.63) is 51.7 Å². The zero-order valence-electron chi connectivity index (χ0n) is 16.7. The predicted molar refractivity (Wildman–Crippen MR) is 119 cm³/mol. The molecule has 2 heterocycles. The maximum absolute atomic E-state index is 12.8. The summed E-state index contributed by atoms with van der Waals surface area (Å²) in [7, 11) is 1.59. The van der Waals surface area contributed by atoms with Gasteiger partial charge in [-0.25, -0.2) is 9.48 Å². The molecule has 0 fully saturated rings. The number of rotatable bonds is 6. The highest BCUT2D eigenvalue weighted by atomic mass is 127. The fourth-order valence-electron chi connectivity index (χ4n) is 3.29. The lowest BCUT2D eigenvalue weighted by molar-refractivity contribution is -0.137. The van der Waals surface area contributed by atoms with Crippen LogP contribution in [0.5, 0.6) is 0 Å². The number of benzene rings is 1. The monoisotopic (exact) mass is 538 g/mol. The molecule has 1 aromatic heterocycles. The van der Waals surface area contributed by atoms with E-state index in [1.807, 2.05) is 0 Å². The molecule has 3 rings (SSSR count). The van der Waals surface area contributed by atoms with Crippen molar-refractivity contribution in [2.45, 2.75) is 51.5 Å². The minimum absolute atomic E-state index is 0. The molecule has 11 heteroatoms. The second-order valence-corrected chi connectivity index (χ2v) is 6.93. The van der Waals surface area contributed by atoms with Crippen LogP contribution in [0.1, 0.15) is 36.2 Å². The molecule has 1 aliphatic rings. The van der Waals surface area contributed by atoms with Crippen molar-refractivity contribution in [3.8, 4) is 0 Å². The largest absolute Gasteiger partial charge is 0.416 e. The van der Waals surface area contributed by atoms with Crippen molar-refractivity contribution in [2.75, 3.05) is 13.6 Å². The minimum atomic E-state index is -4.36. The van der Waals surface area contributed by atoms with Gasteiger partial charge in [0, 0.05) is 39.6 Å². The van der Waals surface area contributed by atoms with Crippen LogP contribution >= 0.6 is 24.0 Å². The molecule has 30 heavy (non-hydrogen) atoms. The van der Waals surface area contributed by atoms with Crippen molar-refractivity contribution < 1.29 is 13.2 Å². The van der Waals surface area contributed by atoms with Crippen LogP contribution in [0.15, 0.2) is 34.1 Å². The van der Waals surface area contributed by atoms with Crippen LogP contribution in [-0.4, -0.2) is 33.9 Å². The summed E-state index contributed by atoms with van der Waals surface area (Å²) < 4.78 is 41.6. The van der Waals surface area contributed by atoms with Gasteiger partial charge < -0.3 is 10.6 Å². The first kappa shape index (κ1) is 24.2. The molecule has 166 valence electrons. The van der Waals surface area contributed by atoms with Crippen molar-refractivity contribution in [1.82, 2.24) is 25.0 Å². The van der Waals surface area contributed by atoms with Gasteiger partial charge in [0.1, 0.15) is 5.82 Å². The van der Waals surface area contributed by atoms with Crippen molar-refractivity contribution >= 4 is 29.9 Å². The molecule has 0 radical (unpaired) electrons. The third kappa shape index (κ3) is 6.22. The Morgan fingerprint density at radius 3 is 2.77 bits per heavy atom. The average molecular weight is 538 g/mol. The summed E-state index contributed by atoms with van der Waals surface area (Å²) >= 11 is 0. The van der Waals surface area contributed by atoms with Gasteiger partial charge in [0.15, 0.2) is 5.96 Å². The number of nitrogens with zero attached hydrogens (tertiary/aromatic N) is 4. The van der Waals surface area contributed by atoms with E-state index in [9.17, 15) is 18.0 Å². The highest BCUT2D eigenvalue weighted by Crippen LogP contribution is 2.29. The zero-order valence-corrected chi connectivity index (χ0v) is 19.0. The Kier molecular flexibility index (Phi) is 8.74. The summed E-state index contributed by atoms with van der Waals surface area (Å²) in [5, 5.41) is 10.5. The molecule has 0 atom stereocenters. The van der Waals surface area contributed by atoms with Crippen LogP contribution in [0.25, 0.3) is 0 Å². The summed E-state index contributed by atoms with van der Waals surface area (Å²) in [5.74, 6) is 1.34. The Morgan fingerprint density at radius 1 is 1.27 bits per heavy atom. The minimum Gasteiger partial charge on any atom is -0.356 e. The zero-order chi connectivity index (χ0) is 20.9. The number of halogens is 4. The molecule has 7 nitrogen and oxygen atoms in total. The van der Waals surface area contributed by atoms with Crippen molar-refractivity contribution in [1.29, 1.82) is 0 Å². The number of aromatic nitrogens is 3. The van der Waals surface area contributed by atoms with E-state index in [0.29, 0.717) is 31.0 Å². The number of guanidine groups is 1. The SMILES string of the molecule is CN=C(NCCCn1nc2n(c1=O)CCCC2)NCc1cccc(C(F)(F)F)c1.I. The first-order valence-corrected chi connectivity index (χ1v) is 9.65.